The zero-order valence-corrected chi connectivity index (χ0v) is 16.5. The van der Waals surface area contributed by atoms with Gasteiger partial charge in [-0.05, 0) is 47.4 Å². The van der Waals surface area contributed by atoms with E-state index >= 15 is 0 Å². The van der Waals surface area contributed by atoms with Crippen LogP contribution in [0.1, 0.15) is 45.0 Å². The van der Waals surface area contributed by atoms with Crippen molar-refractivity contribution in [3.8, 4) is 23.0 Å². The minimum atomic E-state index is -0.500. The molecule has 1 aliphatic carbocycles. The molecular formula is C24H21NO6. The fourth-order valence-corrected chi connectivity index (χ4v) is 4.03. The van der Waals surface area contributed by atoms with Crippen LogP contribution >= 0.6 is 0 Å². The molecule has 0 unspecified atom stereocenters. The standard InChI is InChI=1S/C24H21NO6/c26-17-8-7-13(11-20(17)29)9-10-25-21(30)12-16-14-3-1-5-18(27)22(14)24(31)23-15(16)4-2-6-19(23)28/h1-8,11,16,26-29H,9-10,12H2,(H,25,30). The number of benzene rings is 3. The van der Waals surface area contributed by atoms with Crippen LogP contribution in [0.3, 0.4) is 0 Å². The molecule has 3 aromatic rings. The molecular weight excluding hydrogens is 398 g/mol. The van der Waals surface area contributed by atoms with E-state index in [2.05, 4.69) is 5.32 Å². The number of nitrogens with one attached hydrogen (secondary N) is 1. The summed E-state index contributed by atoms with van der Waals surface area (Å²) in [5, 5.41) is 42.3. The highest BCUT2D eigenvalue weighted by molar-refractivity contribution is 6.16. The molecule has 0 heterocycles. The summed E-state index contributed by atoms with van der Waals surface area (Å²) < 4.78 is 0. The fraction of sp³-hybridized carbons (Fsp3) is 0.167. The van der Waals surface area contributed by atoms with Crippen molar-refractivity contribution in [2.75, 3.05) is 6.54 Å². The molecule has 3 aromatic carbocycles. The summed E-state index contributed by atoms with van der Waals surface area (Å²) in [6.45, 7) is 0.314. The van der Waals surface area contributed by atoms with Gasteiger partial charge < -0.3 is 25.7 Å². The summed E-state index contributed by atoms with van der Waals surface area (Å²) in [6.07, 6.45) is 0.485. The quantitative estimate of drug-likeness (QED) is 0.405. The highest BCUT2D eigenvalue weighted by Gasteiger charge is 2.35. The van der Waals surface area contributed by atoms with Crippen molar-refractivity contribution in [1.82, 2.24) is 5.32 Å². The second-order valence-corrected chi connectivity index (χ2v) is 7.49. The molecule has 0 aromatic heterocycles. The SMILES string of the molecule is O=C(CC1c2cccc(O)c2C(=O)c2c(O)cccc21)NCCc1ccc(O)c(O)c1. The van der Waals surface area contributed by atoms with Gasteiger partial charge in [-0.25, -0.2) is 0 Å². The van der Waals surface area contributed by atoms with Crippen LogP contribution in [0.15, 0.2) is 54.6 Å². The lowest BCUT2D eigenvalue weighted by molar-refractivity contribution is -0.121. The maximum Gasteiger partial charge on any atom is 0.220 e. The third-order valence-corrected chi connectivity index (χ3v) is 5.52. The third-order valence-electron chi connectivity index (χ3n) is 5.52. The molecule has 7 nitrogen and oxygen atoms in total. The third kappa shape index (κ3) is 3.77. The van der Waals surface area contributed by atoms with Crippen molar-refractivity contribution in [1.29, 1.82) is 0 Å². The Morgan fingerprint density at radius 1 is 0.806 bits per heavy atom. The van der Waals surface area contributed by atoms with Crippen LogP contribution in [-0.4, -0.2) is 38.7 Å². The van der Waals surface area contributed by atoms with Crippen molar-refractivity contribution in [3.63, 3.8) is 0 Å². The largest absolute Gasteiger partial charge is 0.507 e. The van der Waals surface area contributed by atoms with E-state index in [1.165, 1.54) is 24.3 Å². The smallest absolute Gasteiger partial charge is 0.220 e. The lowest BCUT2D eigenvalue weighted by Crippen LogP contribution is -2.29. The normalized spacial score (nSPS) is 12.8. The van der Waals surface area contributed by atoms with Crippen molar-refractivity contribution < 1.29 is 30.0 Å². The number of hydrogen-bond acceptors (Lipinski definition) is 6. The molecule has 0 radical (unpaired) electrons. The lowest BCUT2D eigenvalue weighted by atomic mass is 9.75. The van der Waals surface area contributed by atoms with E-state index in [-0.39, 0.29) is 46.5 Å². The number of aromatic hydroxyl groups is 4. The molecule has 158 valence electrons. The van der Waals surface area contributed by atoms with Crippen LogP contribution in [-0.2, 0) is 11.2 Å². The molecule has 5 N–H and O–H groups in total. The van der Waals surface area contributed by atoms with Crippen LogP contribution in [0, 0.1) is 0 Å². The van der Waals surface area contributed by atoms with E-state index in [9.17, 15) is 30.0 Å². The number of rotatable bonds is 5. The summed E-state index contributed by atoms with van der Waals surface area (Å²) in [5.41, 5.74) is 2.05. The number of amides is 1. The Hall–Kier alpha value is -4.00. The van der Waals surface area contributed by atoms with Crippen molar-refractivity contribution in [2.45, 2.75) is 18.8 Å². The first-order valence-electron chi connectivity index (χ1n) is 9.83. The van der Waals surface area contributed by atoms with Gasteiger partial charge in [-0.2, -0.15) is 0 Å². The Morgan fingerprint density at radius 3 is 2.00 bits per heavy atom. The van der Waals surface area contributed by atoms with Crippen molar-refractivity contribution in [3.05, 3.63) is 82.4 Å². The van der Waals surface area contributed by atoms with E-state index in [1.54, 1.807) is 30.3 Å². The van der Waals surface area contributed by atoms with Crippen molar-refractivity contribution in [2.24, 2.45) is 0 Å². The van der Waals surface area contributed by atoms with E-state index < -0.39 is 11.7 Å². The zero-order valence-electron chi connectivity index (χ0n) is 16.5. The Bertz CT molecular complexity index is 1130. The average Bonchev–Trinajstić information content (AvgIpc) is 2.73. The second-order valence-electron chi connectivity index (χ2n) is 7.49. The van der Waals surface area contributed by atoms with Gasteiger partial charge in [0.25, 0.3) is 0 Å². The minimum absolute atomic E-state index is 0.0288. The first kappa shape index (κ1) is 20.3. The summed E-state index contributed by atoms with van der Waals surface area (Å²) in [4.78, 5) is 25.6. The molecule has 0 saturated carbocycles. The Kier molecular flexibility index (Phi) is 5.25. The van der Waals surface area contributed by atoms with Gasteiger partial charge in [-0.3, -0.25) is 9.59 Å². The molecule has 1 aliphatic rings. The minimum Gasteiger partial charge on any atom is -0.507 e. The molecule has 0 atom stereocenters. The summed E-state index contributed by atoms with van der Waals surface area (Å²) in [6, 6.07) is 14.0. The zero-order chi connectivity index (χ0) is 22.1. The molecule has 31 heavy (non-hydrogen) atoms. The Labute approximate surface area is 178 Å². The molecule has 1 amide bonds. The van der Waals surface area contributed by atoms with Crippen LogP contribution < -0.4 is 5.32 Å². The molecule has 0 aliphatic heterocycles. The number of phenolic OH excluding ortho intramolecular Hbond substituents is 4. The van der Waals surface area contributed by atoms with E-state index in [0.717, 1.165) is 5.56 Å². The first-order valence-corrected chi connectivity index (χ1v) is 9.83. The van der Waals surface area contributed by atoms with Gasteiger partial charge in [-0.15, -0.1) is 0 Å². The van der Waals surface area contributed by atoms with Gasteiger partial charge in [0.15, 0.2) is 11.5 Å². The van der Waals surface area contributed by atoms with Gasteiger partial charge in [-0.1, -0.05) is 30.3 Å². The lowest BCUT2D eigenvalue weighted by Gasteiger charge is -2.28. The molecule has 0 fully saturated rings. The van der Waals surface area contributed by atoms with Crippen LogP contribution in [0.2, 0.25) is 0 Å². The number of hydrogen-bond donors (Lipinski definition) is 5. The maximum absolute atomic E-state index is 12.9. The Morgan fingerprint density at radius 2 is 1.42 bits per heavy atom. The number of fused-ring (bicyclic) bond motifs is 2. The summed E-state index contributed by atoms with van der Waals surface area (Å²) >= 11 is 0. The van der Waals surface area contributed by atoms with Crippen LogP contribution in [0.4, 0.5) is 0 Å². The topological polar surface area (TPSA) is 127 Å². The number of phenols is 4. The monoisotopic (exact) mass is 419 g/mol. The number of carbonyl (C=O) groups excluding carboxylic acids is 2. The van der Waals surface area contributed by atoms with E-state index in [1.807, 2.05) is 0 Å². The molecule has 7 heteroatoms. The first-order chi connectivity index (χ1) is 14.9. The van der Waals surface area contributed by atoms with Crippen molar-refractivity contribution >= 4 is 11.7 Å². The highest BCUT2D eigenvalue weighted by Crippen LogP contribution is 2.44. The summed E-state index contributed by atoms with van der Waals surface area (Å²) in [7, 11) is 0. The maximum atomic E-state index is 12.9. The number of ketones is 1. The number of carbonyl (C=O) groups is 2. The highest BCUT2D eigenvalue weighted by atomic mass is 16.3. The molecule has 0 saturated heterocycles. The van der Waals surface area contributed by atoms with E-state index in [4.69, 9.17) is 0 Å². The summed E-state index contributed by atoms with van der Waals surface area (Å²) in [5.74, 6) is -2.02. The molecule has 4 rings (SSSR count). The molecule has 0 spiro atoms. The van der Waals surface area contributed by atoms with Gasteiger partial charge in [0, 0.05) is 18.9 Å². The predicted octanol–water partition coefficient (Wildman–Crippen LogP) is 2.93. The fourth-order valence-electron chi connectivity index (χ4n) is 4.03. The van der Waals surface area contributed by atoms with E-state index in [0.29, 0.717) is 24.1 Å². The predicted molar refractivity (Wildman–Crippen MR) is 113 cm³/mol. The second kappa shape index (κ2) is 8.02. The van der Waals surface area contributed by atoms with Gasteiger partial charge in [0.05, 0.1) is 11.1 Å². The van der Waals surface area contributed by atoms with Gasteiger partial charge in [0.1, 0.15) is 11.5 Å². The Balaban J connectivity index is 1.54. The molecule has 0 bridgehead atoms. The average molecular weight is 419 g/mol. The van der Waals surface area contributed by atoms with Crippen LogP contribution in [0.25, 0.3) is 0 Å². The van der Waals surface area contributed by atoms with Gasteiger partial charge in [0.2, 0.25) is 11.7 Å². The van der Waals surface area contributed by atoms with Crippen LogP contribution in [0.5, 0.6) is 23.0 Å². The van der Waals surface area contributed by atoms with Gasteiger partial charge >= 0.3 is 0 Å².